The lowest BCUT2D eigenvalue weighted by molar-refractivity contribution is 0.0701. The Bertz CT molecular complexity index is 429. The summed E-state index contributed by atoms with van der Waals surface area (Å²) in [5.41, 5.74) is 1.29. The maximum absolute atomic E-state index is 10.6. The molecule has 0 aromatic heterocycles. The number of para-hydroxylation sites is 1. The molecule has 0 radical (unpaired) electrons. The molecule has 104 valence electrons. The van der Waals surface area contributed by atoms with Crippen LogP contribution in [0.4, 0.5) is 0 Å². The quantitative estimate of drug-likeness (QED) is 0.897. The first-order valence-electron chi connectivity index (χ1n) is 7.65. The molecule has 19 heavy (non-hydrogen) atoms. The molecule has 0 saturated heterocycles. The Labute approximate surface area is 115 Å². The van der Waals surface area contributed by atoms with Crippen LogP contribution in [0.2, 0.25) is 0 Å². The number of hydrogen-bond donors (Lipinski definition) is 1. The van der Waals surface area contributed by atoms with Crippen molar-refractivity contribution in [1.82, 2.24) is 0 Å². The minimum atomic E-state index is -0.145. The lowest BCUT2D eigenvalue weighted by Gasteiger charge is -2.30. The first-order valence-corrected chi connectivity index (χ1v) is 7.65. The molecule has 0 amide bonds. The highest BCUT2D eigenvalue weighted by molar-refractivity contribution is 5.37. The Morgan fingerprint density at radius 2 is 2.11 bits per heavy atom. The topological polar surface area (TPSA) is 29.5 Å². The van der Waals surface area contributed by atoms with E-state index in [4.69, 9.17) is 4.74 Å². The number of benzene rings is 1. The van der Waals surface area contributed by atoms with Crippen LogP contribution in [0.25, 0.3) is 0 Å². The van der Waals surface area contributed by atoms with Crippen LogP contribution >= 0.6 is 0 Å². The van der Waals surface area contributed by atoms with Crippen molar-refractivity contribution >= 4 is 0 Å². The average Bonchev–Trinajstić information content (AvgIpc) is 2.85. The molecule has 1 aromatic rings. The molecule has 1 heterocycles. The lowest BCUT2D eigenvalue weighted by atomic mass is 9.82. The Hall–Kier alpha value is -1.02. The van der Waals surface area contributed by atoms with E-state index in [2.05, 4.69) is 19.1 Å². The molecular weight excluding hydrogens is 236 g/mol. The lowest BCUT2D eigenvalue weighted by Crippen LogP contribution is -2.26. The fraction of sp³-hybridized carbons (Fsp3) is 0.647. The molecule has 0 bridgehead atoms. The van der Waals surface area contributed by atoms with Crippen LogP contribution < -0.4 is 4.74 Å². The van der Waals surface area contributed by atoms with Gasteiger partial charge in [-0.15, -0.1) is 0 Å². The van der Waals surface area contributed by atoms with Gasteiger partial charge in [-0.3, -0.25) is 0 Å². The first-order chi connectivity index (χ1) is 9.25. The highest BCUT2D eigenvalue weighted by Crippen LogP contribution is 2.40. The highest BCUT2D eigenvalue weighted by Gasteiger charge is 2.32. The van der Waals surface area contributed by atoms with E-state index in [1.807, 2.05) is 12.1 Å². The van der Waals surface area contributed by atoms with Crippen LogP contribution in [0, 0.1) is 11.8 Å². The summed E-state index contributed by atoms with van der Waals surface area (Å²) in [5, 5.41) is 10.6. The molecule has 1 N–H and O–H groups in total. The molecule has 1 fully saturated rings. The largest absolute Gasteiger partial charge is 0.493 e. The predicted molar refractivity (Wildman–Crippen MR) is 76.4 cm³/mol. The standard InChI is InChI=1S/C17H24O2/c1-12-5-4-7-14(12)16(18)11-13-9-10-19-17-8-3-2-6-15(13)17/h2-3,6,8,12-14,16,18H,4-5,7,9-11H2,1H3. The molecule has 3 rings (SSSR count). The van der Waals surface area contributed by atoms with Crippen molar-refractivity contribution < 1.29 is 9.84 Å². The maximum Gasteiger partial charge on any atom is 0.122 e. The molecule has 4 atom stereocenters. The summed E-state index contributed by atoms with van der Waals surface area (Å²) in [7, 11) is 0. The molecular formula is C17H24O2. The summed E-state index contributed by atoms with van der Waals surface area (Å²) in [6, 6.07) is 8.30. The molecule has 4 unspecified atom stereocenters. The number of hydrogen-bond acceptors (Lipinski definition) is 2. The summed E-state index contributed by atoms with van der Waals surface area (Å²) in [6.45, 7) is 3.08. The van der Waals surface area contributed by atoms with Crippen LogP contribution in [-0.2, 0) is 0 Å². The van der Waals surface area contributed by atoms with Crippen molar-refractivity contribution in [1.29, 1.82) is 0 Å². The Balaban J connectivity index is 1.70. The number of aliphatic hydroxyl groups excluding tert-OH is 1. The zero-order chi connectivity index (χ0) is 13.2. The third-order valence-corrected chi connectivity index (χ3v) is 5.03. The van der Waals surface area contributed by atoms with Gasteiger partial charge >= 0.3 is 0 Å². The molecule has 2 aliphatic rings. The fourth-order valence-electron chi connectivity index (χ4n) is 3.87. The second-order valence-electron chi connectivity index (χ2n) is 6.25. The van der Waals surface area contributed by atoms with Crippen molar-refractivity contribution in [3.8, 4) is 5.75 Å². The van der Waals surface area contributed by atoms with Gasteiger partial charge in [-0.2, -0.15) is 0 Å². The van der Waals surface area contributed by atoms with E-state index < -0.39 is 0 Å². The summed E-state index contributed by atoms with van der Waals surface area (Å²) in [5.74, 6) is 2.68. The summed E-state index contributed by atoms with van der Waals surface area (Å²) in [4.78, 5) is 0. The second-order valence-corrected chi connectivity index (χ2v) is 6.25. The molecule has 2 nitrogen and oxygen atoms in total. The molecule has 1 saturated carbocycles. The fourth-order valence-corrected chi connectivity index (χ4v) is 3.87. The highest BCUT2D eigenvalue weighted by atomic mass is 16.5. The van der Waals surface area contributed by atoms with Crippen LogP contribution in [0.3, 0.4) is 0 Å². The third kappa shape index (κ3) is 2.64. The molecule has 1 aliphatic heterocycles. The third-order valence-electron chi connectivity index (χ3n) is 5.03. The van der Waals surface area contributed by atoms with Crippen LogP contribution in [0.5, 0.6) is 5.75 Å². The second kappa shape index (κ2) is 5.54. The average molecular weight is 260 g/mol. The van der Waals surface area contributed by atoms with Crippen LogP contribution in [0.1, 0.15) is 50.5 Å². The summed E-state index contributed by atoms with van der Waals surface area (Å²) >= 11 is 0. The Kier molecular flexibility index (Phi) is 3.79. The van der Waals surface area contributed by atoms with Gasteiger partial charge in [0, 0.05) is 0 Å². The first kappa shape index (κ1) is 13.0. The number of fused-ring (bicyclic) bond motifs is 1. The van der Waals surface area contributed by atoms with Crippen molar-refractivity contribution in [2.45, 2.75) is 51.0 Å². The van der Waals surface area contributed by atoms with E-state index in [9.17, 15) is 5.11 Å². The summed E-state index contributed by atoms with van der Waals surface area (Å²) < 4.78 is 5.70. The van der Waals surface area contributed by atoms with E-state index in [1.165, 1.54) is 24.8 Å². The zero-order valence-electron chi connectivity index (χ0n) is 11.7. The van der Waals surface area contributed by atoms with Crippen LogP contribution in [-0.4, -0.2) is 17.8 Å². The minimum absolute atomic E-state index is 0.145. The van der Waals surface area contributed by atoms with Gasteiger partial charge in [-0.25, -0.2) is 0 Å². The molecule has 0 spiro atoms. The predicted octanol–water partition coefficient (Wildman–Crippen LogP) is 3.74. The van der Waals surface area contributed by atoms with Crippen molar-refractivity contribution in [3.05, 3.63) is 29.8 Å². The van der Waals surface area contributed by atoms with Crippen LogP contribution in [0.15, 0.2) is 24.3 Å². The zero-order valence-corrected chi connectivity index (χ0v) is 11.7. The molecule has 1 aliphatic carbocycles. The van der Waals surface area contributed by atoms with Gasteiger partial charge in [-0.05, 0) is 48.6 Å². The van der Waals surface area contributed by atoms with Crippen molar-refractivity contribution in [2.24, 2.45) is 11.8 Å². The minimum Gasteiger partial charge on any atom is -0.493 e. The maximum atomic E-state index is 10.6. The van der Waals surface area contributed by atoms with E-state index in [-0.39, 0.29) is 6.10 Å². The Morgan fingerprint density at radius 1 is 1.26 bits per heavy atom. The van der Waals surface area contributed by atoms with E-state index in [1.54, 1.807) is 0 Å². The van der Waals surface area contributed by atoms with Gasteiger partial charge in [0.15, 0.2) is 0 Å². The number of rotatable bonds is 3. The van der Waals surface area contributed by atoms with Gasteiger partial charge in [0.1, 0.15) is 5.75 Å². The van der Waals surface area contributed by atoms with Gasteiger partial charge in [0.2, 0.25) is 0 Å². The number of ether oxygens (including phenoxy) is 1. The normalized spacial score (nSPS) is 31.6. The molecule has 1 aromatic carbocycles. The van der Waals surface area contributed by atoms with E-state index in [0.29, 0.717) is 17.8 Å². The van der Waals surface area contributed by atoms with E-state index >= 15 is 0 Å². The molecule has 2 heteroatoms. The van der Waals surface area contributed by atoms with Gasteiger partial charge in [0.25, 0.3) is 0 Å². The SMILES string of the molecule is CC1CCCC1C(O)CC1CCOc2ccccc21. The van der Waals surface area contributed by atoms with Crippen molar-refractivity contribution in [3.63, 3.8) is 0 Å². The summed E-state index contributed by atoms with van der Waals surface area (Å²) in [6.07, 6.45) is 5.56. The van der Waals surface area contributed by atoms with Gasteiger partial charge in [-0.1, -0.05) is 38.0 Å². The van der Waals surface area contributed by atoms with Crippen molar-refractivity contribution in [2.75, 3.05) is 6.61 Å². The smallest absolute Gasteiger partial charge is 0.122 e. The number of aliphatic hydroxyl groups is 1. The van der Waals surface area contributed by atoms with E-state index in [0.717, 1.165) is 25.2 Å². The van der Waals surface area contributed by atoms with Gasteiger partial charge < -0.3 is 9.84 Å². The van der Waals surface area contributed by atoms with Gasteiger partial charge in [0.05, 0.1) is 12.7 Å². The monoisotopic (exact) mass is 260 g/mol. The Morgan fingerprint density at radius 3 is 2.89 bits per heavy atom.